The molecule has 4 heteroatoms. The van der Waals surface area contributed by atoms with Crippen LogP contribution in [-0.2, 0) is 6.42 Å². The van der Waals surface area contributed by atoms with Crippen LogP contribution in [0.1, 0.15) is 31.5 Å². The molecule has 88 valence electrons. The van der Waals surface area contributed by atoms with Crippen molar-refractivity contribution in [1.29, 1.82) is 0 Å². The first-order chi connectivity index (χ1) is 7.88. The largest absolute Gasteiger partial charge is 0.370 e. The maximum atomic E-state index is 4.75. The fourth-order valence-electron chi connectivity index (χ4n) is 2.88. The van der Waals surface area contributed by atoms with Crippen molar-refractivity contribution in [3.05, 3.63) is 11.8 Å². The van der Waals surface area contributed by atoms with Crippen LogP contribution in [0.25, 0.3) is 0 Å². The Bertz CT molecular complexity index is 371. The van der Waals surface area contributed by atoms with Crippen LogP contribution >= 0.6 is 0 Å². The van der Waals surface area contributed by atoms with Gasteiger partial charge in [-0.15, -0.1) is 0 Å². The highest BCUT2D eigenvalue weighted by molar-refractivity contribution is 5.40. The number of fused-ring (bicyclic) bond motifs is 3. The van der Waals surface area contributed by atoms with Crippen LogP contribution in [-0.4, -0.2) is 29.4 Å². The molecule has 1 fully saturated rings. The highest BCUT2D eigenvalue weighted by Gasteiger charge is 2.32. The first-order valence-electron chi connectivity index (χ1n) is 6.41. The summed E-state index contributed by atoms with van der Waals surface area (Å²) < 4.78 is 2.24. The highest BCUT2D eigenvalue weighted by atomic mass is 15.4. The lowest BCUT2D eigenvalue weighted by Crippen LogP contribution is -2.44. The second-order valence-corrected chi connectivity index (χ2v) is 4.92. The van der Waals surface area contributed by atoms with Crippen LogP contribution in [0, 0.1) is 5.92 Å². The summed E-state index contributed by atoms with van der Waals surface area (Å²) in [7, 11) is 0. The monoisotopic (exact) mass is 220 g/mol. The zero-order valence-corrected chi connectivity index (χ0v) is 9.87. The molecule has 2 atom stereocenters. The molecule has 1 aromatic rings. The summed E-state index contributed by atoms with van der Waals surface area (Å²) in [5.41, 5.74) is 1.24. The first-order valence-corrected chi connectivity index (χ1v) is 6.41. The molecule has 4 nitrogen and oxygen atoms in total. The molecule has 0 aromatic carbocycles. The summed E-state index contributed by atoms with van der Waals surface area (Å²) in [4.78, 5) is 0. The van der Waals surface area contributed by atoms with Crippen molar-refractivity contribution in [1.82, 2.24) is 15.1 Å². The molecular weight excluding hydrogens is 200 g/mol. The van der Waals surface area contributed by atoms with Gasteiger partial charge >= 0.3 is 0 Å². The van der Waals surface area contributed by atoms with E-state index in [1.807, 2.05) is 0 Å². The summed E-state index contributed by atoms with van der Waals surface area (Å²) in [6.45, 7) is 5.55. The van der Waals surface area contributed by atoms with Crippen molar-refractivity contribution >= 4 is 5.82 Å². The third kappa shape index (κ3) is 1.61. The number of piperidine rings is 1. The smallest absolute Gasteiger partial charge is 0.124 e. The SMILES string of the molecule is CCCc1cc2n(n1)C1CCNCC1CN2. The van der Waals surface area contributed by atoms with E-state index in [4.69, 9.17) is 5.10 Å². The van der Waals surface area contributed by atoms with Gasteiger partial charge in [-0.2, -0.15) is 5.10 Å². The third-order valence-corrected chi connectivity index (χ3v) is 3.72. The minimum atomic E-state index is 0.614. The van der Waals surface area contributed by atoms with E-state index in [9.17, 15) is 0 Å². The van der Waals surface area contributed by atoms with Crippen LogP contribution in [0.3, 0.4) is 0 Å². The Morgan fingerprint density at radius 2 is 2.44 bits per heavy atom. The summed E-state index contributed by atoms with van der Waals surface area (Å²) in [5, 5.41) is 11.7. The van der Waals surface area contributed by atoms with Crippen LogP contribution in [0.4, 0.5) is 5.82 Å². The fraction of sp³-hybridized carbons (Fsp3) is 0.750. The van der Waals surface area contributed by atoms with E-state index in [1.165, 1.54) is 24.4 Å². The number of nitrogens with zero attached hydrogens (tertiary/aromatic N) is 2. The third-order valence-electron chi connectivity index (χ3n) is 3.72. The molecule has 0 aliphatic carbocycles. The molecular formula is C12H20N4. The topological polar surface area (TPSA) is 41.9 Å². The molecule has 0 radical (unpaired) electrons. The van der Waals surface area contributed by atoms with E-state index in [0.717, 1.165) is 26.1 Å². The molecule has 0 bridgehead atoms. The van der Waals surface area contributed by atoms with Gasteiger partial charge in [0.1, 0.15) is 5.82 Å². The van der Waals surface area contributed by atoms with Gasteiger partial charge in [-0.1, -0.05) is 13.3 Å². The average Bonchev–Trinajstić information content (AvgIpc) is 2.72. The summed E-state index contributed by atoms with van der Waals surface area (Å²) in [6, 6.07) is 2.84. The molecule has 3 heterocycles. The number of aromatic nitrogens is 2. The van der Waals surface area contributed by atoms with Crippen molar-refractivity contribution in [3.63, 3.8) is 0 Å². The van der Waals surface area contributed by atoms with Crippen molar-refractivity contribution in [2.45, 2.75) is 32.2 Å². The Balaban J connectivity index is 1.88. The lowest BCUT2D eigenvalue weighted by molar-refractivity contribution is 0.237. The van der Waals surface area contributed by atoms with E-state index in [1.54, 1.807) is 0 Å². The molecule has 2 N–H and O–H groups in total. The van der Waals surface area contributed by atoms with Gasteiger partial charge in [0.2, 0.25) is 0 Å². The van der Waals surface area contributed by atoms with Gasteiger partial charge < -0.3 is 10.6 Å². The van der Waals surface area contributed by atoms with Crippen LogP contribution in [0.15, 0.2) is 6.07 Å². The van der Waals surface area contributed by atoms with Crippen molar-refractivity contribution in [2.75, 3.05) is 25.0 Å². The Kier molecular flexibility index (Phi) is 2.59. The number of anilines is 1. The minimum absolute atomic E-state index is 0.614. The van der Waals surface area contributed by atoms with Gasteiger partial charge in [-0.3, -0.25) is 0 Å². The Hall–Kier alpha value is -1.03. The number of rotatable bonds is 2. The first kappa shape index (κ1) is 10.1. The van der Waals surface area contributed by atoms with Crippen LogP contribution in [0.5, 0.6) is 0 Å². The van der Waals surface area contributed by atoms with Crippen molar-refractivity contribution in [3.8, 4) is 0 Å². The maximum absolute atomic E-state index is 4.75. The fourth-order valence-corrected chi connectivity index (χ4v) is 2.88. The van der Waals surface area contributed by atoms with E-state index >= 15 is 0 Å². The van der Waals surface area contributed by atoms with Crippen molar-refractivity contribution < 1.29 is 0 Å². The molecule has 0 spiro atoms. The predicted octanol–water partition coefficient (Wildman–Crippen LogP) is 1.41. The molecule has 2 aliphatic heterocycles. The lowest BCUT2D eigenvalue weighted by Gasteiger charge is -2.37. The van der Waals surface area contributed by atoms with Gasteiger partial charge in [-0.25, -0.2) is 4.68 Å². The molecule has 0 amide bonds. The summed E-state index contributed by atoms with van der Waals surface area (Å²) >= 11 is 0. The molecule has 1 aromatic heterocycles. The lowest BCUT2D eigenvalue weighted by atomic mass is 9.92. The molecule has 16 heavy (non-hydrogen) atoms. The van der Waals surface area contributed by atoms with Crippen LogP contribution in [0.2, 0.25) is 0 Å². The minimum Gasteiger partial charge on any atom is -0.370 e. The second-order valence-electron chi connectivity index (χ2n) is 4.92. The van der Waals surface area contributed by atoms with Gasteiger partial charge in [0, 0.05) is 25.1 Å². The van der Waals surface area contributed by atoms with E-state index < -0.39 is 0 Å². The maximum Gasteiger partial charge on any atom is 0.124 e. The van der Waals surface area contributed by atoms with Gasteiger partial charge in [0.25, 0.3) is 0 Å². The predicted molar refractivity (Wildman–Crippen MR) is 64.7 cm³/mol. The molecule has 1 saturated heterocycles. The van der Waals surface area contributed by atoms with E-state index in [2.05, 4.69) is 28.3 Å². The normalized spacial score (nSPS) is 28.1. The summed E-state index contributed by atoms with van der Waals surface area (Å²) in [6.07, 6.45) is 3.48. The molecule has 2 aliphatic rings. The van der Waals surface area contributed by atoms with Gasteiger partial charge in [0.15, 0.2) is 0 Å². The number of hydrogen-bond donors (Lipinski definition) is 2. The molecule has 0 saturated carbocycles. The second kappa shape index (κ2) is 4.09. The van der Waals surface area contributed by atoms with Crippen molar-refractivity contribution in [2.24, 2.45) is 5.92 Å². The number of aryl methyl sites for hydroxylation is 1. The van der Waals surface area contributed by atoms with E-state index in [0.29, 0.717) is 12.0 Å². The highest BCUT2D eigenvalue weighted by Crippen LogP contribution is 2.32. The zero-order chi connectivity index (χ0) is 11.0. The van der Waals surface area contributed by atoms with Gasteiger partial charge in [0.05, 0.1) is 11.7 Å². The molecule has 3 rings (SSSR count). The quantitative estimate of drug-likeness (QED) is 0.792. The van der Waals surface area contributed by atoms with Crippen LogP contribution < -0.4 is 10.6 Å². The standard InChI is InChI=1S/C12H20N4/c1-2-3-10-6-12-14-8-9-7-13-5-4-11(9)16(12)15-10/h6,9,11,13-14H,2-5,7-8H2,1H3. The Morgan fingerprint density at radius 3 is 3.31 bits per heavy atom. The summed E-state index contributed by atoms with van der Waals surface area (Å²) in [5.74, 6) is 1.93. The Morgan fingerprint density at radius 1 is 1.50 bits per heavy atom. The molecule has 2 unspecified atom stereocenters. The number of nitrogens with one attached hydrogen (secondary N) is 2. The average molecular weight is 220 g/mol. The van der Waals surface area contributed by atoms with E-state index in [-0.39, 0.29) is 0 Å². The van der Waals surface area contributed by atoms with Gasteiger partial charge in [-0.05, 0) is 19.4 Å². The number of hydrogen-bond acceptors (Lipinski definition) is 3. The zero-order valence-electron chi connectivity index (χ0n) is 9.87. The Labute approximate surface area is 96.4 Å².